The Labute approximate surface area is 172 Å². The van der Waals surface area contributed by atoms with E-state index in [1.54, 1.807) is 29.4 Å². The molecule has 2 aromatic rings. The molecule has 30 heavy (non-hydrogen) atoms. The molecule has 0 radical (unpaired) electrons. The Morgan fingerprint density at radius 3 is 2.73 bits per heavy atom. The second-order valence-corrected chi connectivity index (χ2v) is 8.44. The summed E-state index contributed by atoms with van der Waals surface area (Å²) in [7, 11) is 0. The fraction of sp³-hybridized carbons (Fsp3) is 0.524. The number of carbonyl (C=O) groups is 3. The van der Waals surface area contributed by atoms with E-state index in [2.05, 4.69) is 15.3 Å². The number of piperidine rings is 1. The van der Waals surface area contributed by atoms with Crippen LogP contribution in [0, 0.1) is 5.92 Å². The van der Waals surface area contributed by atoms with Gasteiger partial charge < -0.3 is 15.2 Å². The number of rotatable bonds is 2. The lowest BCUT2D eigenvalue weighted by Crippen LogP contribution is -2.65. The summed E-state index contributed by atoms with van der Waals surface area (Å²) in [6, 6.07) is 4.45. The molecule has 5 rings (SSSR count). The van der Waals surface area contributed by atoms with Crippen LogP contribution in [0.4, 0.5) is 9.18 Å². The van der Waals surface area contributed by atoms with Crippen LogP contribution in [0.1, 0.15) is 42.5 Å². The third-order valence-electron chi connectivity index (χ3n) is 6.65. The van der Waals surface area contributed by atoms with Gasteiger partial charge in [0.05, 0.1) is 23.3 Å². The van der Waals surface area contributed by atoms with Crippen molar-refractivity contribution in [1.82, 2.24) is 25.1 Å². The van der Waals surface area contributed by atoms with Gasteiger partial charge in [-0.15, -0.1) is 0 Å². The Hall–Kier alpha value is -2.97. The second kappa shape index (κ2) is 7.37. The Morgan fingerprint density at radius 1 is 1.13 bits per heavy atom. The molecule has 158 valence electrons. The minimum atomic E-state index is -0.987. The summed E-state index contributed by atoms with van der Waals surface area (Å²) < 4.78 is 13.8. The zero-order valence-electron chi connectivity index (χ0n) is 16.5. The third kappa shape index (κ3) is 3.22. The fourth-order valence-corrected chi connectivity index (χ4v) is 5.00. The van der Waals surface area contributed by atoms with E-state index in [0.717, 1.165) is 11.0 Å². The average molecular weight is 413 g/mol. The summed E-state index contributed by atoms with van der Waals surface area (Å²) in [5.41, 5.74) is 2.19. The van der Waals surface area contributed by atoms with Crippen molar-refractivity contribution in [2.75, 3.05) is 13.1 Å². The van der Waals surface area contributed by atoms with Crippen LogP contribution in [0.15, 0.2) is 24.5 Å². The number of hydrogen-bond acceptors (Lipinski definition) is 4. The predicted molar refractivity (Wildman–Crippen MR) is 106 cm³/mol. The zero-order chi connectivity index (χ0) is 20.8. The van der Waals surface area contributed by atoms with Gasteiger partial charge in [-0.2, -0.15) is 0 Å². The molecule has 4 amide bonds. The largest absolute Gasteiger partial charge is 0.345 e. The second-order valence-electron chi connectivity index (χ2n) is 8.44. The van der Waals surface area contributed by atoms with E-state index >= 15 is 0 Å². The number of halogens is 1. The van der Waals surface area contributed by atoms with Gasteiger partial charge >= 0.3 is 6.03 Å². The molecule has 1 saturated carbocycles. The first-order valence-corrected chi connectivity index (χ1v) is 10.5. The van der Waals surface area contributed by atoms with Gasteiger partial charge in [0.2, 0.25) is 5.91 Å². The zero-order valence-corrected chi connectivity index (χ0v) is 16.5. The molecule has 0 spiro atoms. The van der Waals surface area contributed by atoms with Gasteiger partial charge in [-0.05, 0) is 50.3 Å². The van der Waals surface area contributed by atoms with Gasteiger partial charge in [0, 0.05) is 30.7 Å². The minimum absolute atomic E-state index is 0.0769. The molecule has 3 aliphatic rings. The average Bonchev–Trinajstić information content (AvgIpc) is 3.22. The molecule has 3 fully saturated rings. The number of urea groups is 1. The van der Waals surface area contributed by atoms with Crippen molar-refractivity contribution in [3.8, 4) is 0 Å². The normalized spacial score (nSPS) is 27.8. The van der Waals surface area contributed by atoms with Crippen molar-refractivity contribution in [3.05, 3.63) is 30.1 Å². The maximum absolute atomic E-state index is 13.8. The highest BCUT2D eigenvalue weighted by molar-refractivity contribution is 5.99. The van der Waals surface area contributed by atoms with E-state index in [-0.39, 0.29) is 36.3 Å². The van der Waals surface area contributed by atoms with E-state index in [1.165, 1.54) is 4.90 Å². The Kier molecular flexibility index (Phi) is 4.67. The van der Waals surface area contributed by atoms with Gasteiger partial charge in [-0.25, -0.2) is 14.2 Å². The molecule has 1 aromatic heterocycles. The van der Waals surface area contributed by atoms with Crippen LogP contribution in [-0.4, -0.2) is 69.0 Å². The summed E-state index contributed by atoms with van der Waals surface area (Å²) >= 11 is 0. The van der Waals surface area contributed by atoms with Crippen molar-refractivity contribution in [1.29, 1.82) is 0 Å². The molecule has 3 atom stereocenters. The van der Waals surface area contributed by atoms with Crippen molar-refractivity contribution in [3.63, 3.8) is 0 Å². The highest BCUT2D eigenvalue weighted by Gasteiger charge is 2.47. The monoisotopic (exact) mass is 413 g/mol. The van der Waals surface area contributed by atoms with Crippen LogP contribution in [-0.2, 0) is 4.79 Å². The molecular formula is C21H24FN5O3. The number of aromatic nitrogens is 2. The number of benzene rings is 1. The number of hydrogen-bond donors (Lipinski definition) is 2. The molecule has 2 aliphatic heterocycles. The third-order valence-corrected chi connectivity index (χ3v) is 6.65. The van der Waals surface area contributed by atoms with Gasteiger partial charge in [0.25, 0.3) is 5.91 Å². The summed E-state index contributed by atoms with van der Waals surface area (Å²) in [5, 5.41) is 2.90. The molecule has 3 heterocycles. The SMILES string of the molecule is O=C(c1ccc2nc[nH]c2c1)N1CCC(N2C(=O)NC3CCC(F)CC3C2=O)CC1. The van der Waals surface area contributed by atoms with Crippen LogP contribution in [0.25, 0.3) is 11.0 Å². The number of nitrogens with zero attached hydrogens (tertiary/aromatic N) is 3. The van der Waals surface area contributed by atoms with Gasteiger partial charge in [-0.3, -0.25) is 14.5 Å². The molecule has 0 bridgehead atoms. The Balaban J connectivity index is 1.25. The standard InChI is InChI=1S/C21H24FN5O3/c22-13-2-4-16-15(10-13)20(29)27(21(30)25-16)14-5-7-26(8-6-14)19(28)12-1-3-17-18(9-12)24-11-23-17/h1,3,9,11,13-16H,2,4-8,10H2,(H,23,24)(H,25,30). The fourth-order valence-electron chi connectivity index (χ4n) is 5.00. The Morgan fingerprint density at radius 2 is 1.93 bits per heavy atom. The number of carbonyl (C=O) groups excluding carboxylic acids is 3. The maximum Gasteiger partial charge on any atom is 0.324 e. The van der Waals surface area contributed by atoms with E-state index in [9.17, 15) is 18.8 Å². The number of amides is 4. The molecule has 1 aromatic carbocycles. The highest BCUT2D eigenvalue weighted by Crippen LogP contribution is 2.33. The molecule has 3 unspecified atom stereocenters. The summed E-state index contributed by atoms with van der Waals surface area (Å²) in [5.74, 6) is -0.820. The first-order chi connectivity index (χ1) is 14.5. The number of alkyl halides is 1. The Bertz CT molecular complexity index is 999. The summed E-state index contributed by atoms with van der Waals surface area (Å²) in [6.45, 7) is 0.919. The minimum Gasteiger partial charge on any atom is -0.345 e. The predicted octanol–water partition coefficient (Wildman–Crippen LogP) is 2.23. The highest BCUT2D eigenvalue weighted by atomic mass is 19.1. The van der Waals surface area contributed by atoms with Gasteiger partial charge in [0.15, 0.2) is 0 Å². The lowest BCUT2D eigenvalue weighted by Gasteiger charge is -2.45. The van der Waals surface area contributed by atoms with Crippen LogP contribution >= 0.6 is 0 Å². The molecule has 2 N–H and O–H groups in total. The first-order valence-electron chi connectivity index (χ1n) is 10.5. The molecule has 9 heteroatoms. The van der Waals surface area contributed by atoms with E-state index in [4.69, 9.17) is 0 Å². The van der Waals surface area contributed by atoms with Crippen molar-refractivity contribution in [2.45, 2.75) is 50.4 Å². The van der Waals surface area contributed by atoms with Crippen LogP contribution in [0.5, 0.6) is 0 Å². The van der Waals surface area contributed by atoms with E-state index < -0.39 is 12.1 Å². The summed E-state index contributed by atoms with van der Waals surface area (Å²) in [4.78, 5) is 48.6. The maximum atomic E-state index is 13.8. The number of aromatic amines is 1. The number of likely N-dealkylation sites (tertiary alicyclic amines) is 1. The smallest absolute Gasteiger partial charge is 0.324 e. The van der Waals surface area contributed by atoms with E-state index in [1.807, 2.05) is 0 Å². The number of H-pyrrole nitrogens is 1. The number of imidazole rings is 1. The topological polar surface area (TPSA) is 98.4 Å². The van der Waals surface area contributed by atoms with Crippen LogP contribution in [0.3, 0.4) is 0 Å². The van der Waals surface area contributed by atoms with Crippen molar-refractivity contribution < 1.29 is 18.8 Å². The van der Waals surface area contributed by atoms with E-state index in [0.29, 0.717) is 44.3 Å². The van der Waals surface area contributed by atoms with Gasteiger partial charge in [-0.1, -0.05) is 0 Å². The molecular weight excluding hydrogens is 389 g/mol. The first kappa shape index (κ1) is 19.0. The molecule has 1 aliphatic carbocycles. The molecule has 2 saturated heterocycles. The lowest BCUT2D eigenvalue weighted by molar-refractivity contribution is -0.140. The van der Waals surface area contributed by atoms with Crippen molar-refractivity contribution in [2.24, 2.45) is 5.92 Å². The lowest BCUT2D eigenvalue weighted by atomic mass is 9.80. The van der Waals surface area contributed by atoms with Crippen molar-refractivity contribution >= 4 is 28.9 Å². The van der Waals surface area contributed by atoms with Crippen LogP contribution < -0.4 is 5.32 Å². The van der Waals surface area contributed by atoms with Gasteiger partial charge in [0.1, 0.15) is 6.17 Å². The number of fused-ring (bicyclic) bond motifs is 2. The van der Waals surface area contributed by atoms with Crippen LogP contribution in [0.2, 0.25) is 0 Å². The summed E-state index contributed by atoms with van der Waals surface area (Å²) in [6.07, 6.45) is 2.71. The molecule has 8 nitrogen and oxygen atoms in total. The quantitative estimate of drug-likeness (QED) is 0.789. The number of imide groups is 1. The number of nitrogens with one attached hydrogen (secondary N) is 2.